The predicted molar refractivity (Wildman–Crippen MR) is 96.7 cm³/mol. The van der Waals surface area contributed by atoms with E-state index in [-0.39, 0.29) is 11.9 Å². The quantitative estimate of drug-likeness (QED) is 0.907. The largest absolute Gasteiger partial charge is 0.373 e. The van der Waals surface area contributed by atoms with Crippen LogP contribution in [-0.4, -0.2) is 22.9 Å². The van der Waals surface area contributed by atoms with Crippen LogP contribution in [0.25, 0.3) is 0 Å². The van der Waals surface area contributed by atoms with Gasteiger partial charge in [-0.2, -0.15) is 0 Å². The molecule has 2 aromatic rings. The Morgan fingerprint density at radius 3 is 2.54 bits per heavy atom. The first kappa shape index (κ1) is 15.3. The summed E-state index contributed by atoms with van der Waals surface area (Å²) in [4.78, 5) is 15.3. The molecule has 3 heteroatoms. The van der Waals surface area contributed by atoms with Crippen molar-refractivity contribution in [3.8, 4) is 0 Å². The number of nitrogens with zero attached hydrogens (tertiary/aromatic N) is 1. The van der Waals surface area contributed by atoms with E-state index in [1.165, 1.54) is 24.0 Å². The smallest absolute Gasteiger partial charge is 0.245 e. The summed E-state index contributed by atoms with van der Waals surface area (Å²) in [6.07, 6.45) is 3.29. The summed E-state index contributed by atoms with van der Waals surface area (Å²) in [7, 11) is 0. The molecule has 24 heavy (non-hydrogen) atoms. The molecule has 1 saturated carbocycles. The van der Waals surface area contributed by atoms with E-state index in [4.69, 9.17) is 0 Å². The number of hydrogen-bond donors (Lipinski definition) is 1. The third-order valence-corrected chi connectivity index (χ3v) is 5.34. The lowest BCUT2D eigenvalue weighted by molar-refractivity contribution is -0.135. The van der Waals surface area contributed by atoms with Gasteiger partial charge in [-0.15, -0.1) is 0 Å². The predicted octanol–water partition coefficient (Wildman–Crippen LogP) is 3.85. The van der Waals surface area contributed by atoms with Gasteiger partial charge in [0, 0.05) is 24.7 Å². The SMILES string of the molecule is CC(C1CC1)N(Cc1ccccc1)C(=O)[C@@H]1Cc2ccccc2N1. The van der Waals surface area contributed by atoms with Crippen LogP contribution in [0, 0.1) is 5.92 Å². The van der Waals surface area contributed by atoms with Gasteiger partial charge in [0.2, 0.25) is 5.91 Å². The van der Waals surface area contributed by atoms with Gasteiger partial charge in [0.25, 0.3) is 0 Å². The number of amides is 1. The van der Waals surface area contributed by atoms with Crippen molar-refractivity contribution in [3.63, 3.8) is 0 Å². The Morgan fingerprint density at radius 2 is 1.83 bits per heavy atom. The van der Waals surface area contributed by atoms with Gasteiger partial charge in [0.05, 0.1) is 0 Å². The van der Waals surface area contributed by atoms with E-state index >= 15 is 0 Å². The summed E-state index contributed by atoms with van der Waals surface area (Å²) in [5, 5.41) is 3.42. The summed E-state index contributed by atoms with van der Waals surface area (Å²) >= 11 is 0. The maximum absolute atomic E-state index is 13.3. The van der Waals surface area contributed by atoms with Crippen LogP contribution in [0.2, 0.25) is 0 Å². The van der Waals surface area contributed by atoms with E-state index in [0.717, 1.165) is 12.1 Å². The lowest BCUT2D eigenvalue weighted by Gasteiger charge is -2.32. The molecule has 1 fully saturated rings. The van der Waals surface area contributed by atoms with Crippen LogP contribution in [0.15, 0.2) is 54.6 Å². The first-order valence-electron chi connectivity index (χ1n) is 8.91. The zero-order chi connectivity index (χ0) is 16.5. The number of benzene rings is 2. The lowest BCUT2D eigenvalue weighted by Crippen LogP contribution is -2.46. The zero-order valence-electron chi connectivity index (χ0n) is 14.1. The van der Waals surface area contributed by atoms with Gasteiger partial charge in [0.15, 0.2) is 0 Å². The summed E-state index contributed by atoms with van der Waals surface area (Å²) in [6, 6.07) is 18.7. The lowest BCUT2D eigenvalue weighted by atomic mass is 10.1. The van der Waals surface area contributed by atoms with Crippen LogP contribution in [-0.2, 0) is 17.8 Å². The topological polar surface area (TPSA) is 32.3 Å². The minimum Gasteiger partial charge on any atom is -0.373 e. The Hall–Kier alpha value is -2.29. The highest BCUT2D eigenvalue weighted by Crippen LogP contribution is 2.36. The molecule has 2 aromatic carbocycles. The van der Waals surface area contributed by atoms with Crippen LogP contribution < -0.4 is 5.32 Å². The molecule has 2 aliphatic rings. The highest BCUT2D eigenvalue weighted by atomic mass is 16.2. The van der Waals surface area contributed by atoms with E-state index in [2.05, 4.69) is 41.4 Å². The second kappa shape index (κ2) is 6.31. The number of rotatable bonds is 5. The molecule has 3 nitrogen and oxygen atoms in total. The van der Waals surface area contributed by atoms with Gasteiger partial charge in [-0.05, 0) is 42.9 Å². The second-order valence-electron chi connectivity index (χ2n) is 7.09. The summed E-state index contributed by atoms with van der Waals surface area (Å²) in [5.41, 5.74) is 3.55. The maximum atomic E-state index is 13.3. The zero-order valence-corrected chi connectivity index (χ0v) is 14.1. The van der Waals surface area contributed by atoms with Crippen molar-refractivity contribution in [1.82, 2.24) is 4.90 Å². The van der Waals surface area contributed by atoms with E-state index < -0.39 is 0 Å². The van der Waals surface area contributed by atoms with Crippen molar-refractivity contribution in [3.05, 3.63) is 65.7 Å². The molecular weight excluding hydrogens is 296 g/mol. The highest BCUT2D eigenvalue weighted by Gasteiger charge is 2.38. The minimum atomic E-state index is -0.132. The Kier molecular flexibility index (Phi) is 4.01. The van der Waals surface area contributed by atoms with Gasteiger partial charge >= 0.3 is 0 Å². The van der Waals surface area contributed by atoms with Crippen molar-refractivity contribution >= 4 is 11.6 Å². The molecule has 1 heterocycles. The number of carbonyl (C=O) groups is 1. The number of para-hydroxylation sites is 1. The molecule has 0 radical (unpaired) electrons. The summed E-state index contributed by atoms with van der Waals surface area (Å²) in [6.45, 7) is 2.91. The molecule has 0 bridgehead atoms. The van der Waals surface area contributed by atoms with Crippen LogP contribution in [0.3, 0.4) is 0 Å². The third-order valence-electron chi connectivity index (χ3n) is 5.34. The average Bonchev–Trinajstić information content (AvgIpc) is 3.38. The fourth-order valence-corrected chi connectivity index (χ4v) is 3.68. The fraction of sp³-hybridized carbons (Fsp3) is 0.381. The Bertz CT molecular complexity index is 699. The van der Waals surface area contributed by atoms with E-state index in [0.29, 0.717) is 18.5 Å². The van der Waals surface area contributed by atoms with Gasteiger partial charge in [-0.25, -0.2) is 0 Å². The van der Waals surface area contributed by atoms with Gasteiger partial charge in [-0.1, -0.05) is 48.5 Å². The summed E-state index contributed by atoms with van der Waals surface area (Å²) < 4.78 is 0. The normalized spacial score (nSPS) is 20.1. The molecule has 2 atom stereocenters. The third kappa shape index (κ3) is 3.03. The Balaban J connectivity index is 1.53. The first-order chi connectivity index (χ1) is 11.7. The molecule has 0 aromatic heterocycles. The second-order valence-corrected chi connectivity index (χ2v) is 7.09. The molecule has 4 rings (SSSR count). The molecule has 1 aliphatic heterocycles. The highest BCUT2D eigenvalue weighted by molar-refractivity contribution is 5.87. The molecule has 0 saturated heterocycles. The number of fused-ring (bicyclic) bond motifs is 1. The molecule has 1 N–H and O–H groups in total. The number of carbonyl (C=O) groups excluding carboxylic acids is 1. The molecule has 1 amide bonds. The van der Waals surface area contributed by atoms with Crippen LogP contribution >= 0.6 is 0 Å². The molecule has 1 aliphatic carbocycles. The maximum Gasteiger partial charge on any atom is 0.245 e. The van der Waals surface area contributed by atoms with Crippen LogP contribution in [0.4, 0.5) is 5.69 Å². The van der Waals surface area contributed by atoms with Gasteiger partial charge < -0.3 is 10.2 Å². The van der Waals surface area contributed by atoms with E-state index in [1.807, 2.05) is 30.3 Å². The van der Waals surface area contributed by atoms with Crippen molar-refractivity contribution in [2.24, 2.45) is 5.92 Å². The van der Waals surface area contributed by atoms with E-state index in [1.54, 1.807) is 0 Å². The van der Waals surface area contributed by atoms with Crippen molar-refractivity contribution in [1.29, 1.82) is 0 Å². The summed E-state index contributed by atoms with van der Waals surface area (Å²) in [5.74, 6) is 0.899. The molecule has 124 valence electrons. The van der Waals surface area contributed by atoms with Crippen molar-refractivity contribution in [2.45, 2.75) is 44.8 Å². The number of anilines is 1. The number of nitrogens with one attached hydrogen (secondary N) is 1. The van der Waals surface area contributed by atoms with Gasteiger partial charge in [-0.3, -0.25) is 4.79 Å². The average molecular weight is 320 g/mol. The number of hydrogen-bond acceptors (Lipinski definition) is 2. The molecule has 0 spiro atoms. The fourth-order valence-electron chi connectivity index (χ4n) is 3.68. The minimum absolute atomic E-state index is 0.132. The van der Waals surface area contributed by atoms with Crippen LogP contribution in [0.5, 0.6) is 0 Å². The monoisotopic (exact) mass is 320 g/mol. The van der Waals surface area contributed by atoms with Crippen LogP contribution in [0.1, 0.15) is 30.9 Å². The van der Waals surface area contributed by atoms with E-state index in [9.17, 15) is 4.79 Å². The Morgan fingerprint density at radius 1 is 1.12 bits per heavy atom. The molecular formula is C21H24N2O. The van der Waals surface area contributed by atoms with Gasteiger partial charge in [0.1, 0.15) is 6.04 Å². The standard InChI is InChI=1S/C21H24N2O/c1-15(17-11-12-17)23(14-16-7-3-2-4-8-16)21(24)20-13-18-9-5-6-10-19(18)22-20/h2-10,15,17,20,22H,11-14H2,1H3/t15?,20-/m0/s1. The van der Waals surface area contributed by atoms with Crippen molar-refractivity contribution in [2.75, 3.05) is 5.32 Å². The first-order valence-corrected chi connectivity index (χ1v) is 8.91. The van der Waals surface area contributed by atoms with Crippen molar-refractivity contribution < 1.29 is 4.79 Å². The Labute approximate surface area is 143 Å². The molecule has 1 unspecified atom stereocenters.